The van der Waals surface area contributed by atoms with E-state index in [-0.39, 0.29) is 23.5 Å². The third-order valence-electron chi connectivity index (χ3n) is 4.74. The number of halogens is 2. The van der Waals surface area contributed by atoms with Gasteiger partial charge in [0, 0.05) is 44.4 Å². The summed E-state index contributed by atoms with van der Waals surface area (Å²) < 4.78 is 19.3. The molecule has 2 heterocycles. The number of ether oxygens (including phenoxy) is 1. The molecule has 1 atom stereocenters. The molecule has 2 fully saturated rings. The van der Waals surface area contributed by atoms with Crippen LogP contribution in [0.5, 0.6) is 0 Å². The third-order valence-corrected chi connectivity index (χ3v) is 4.97. The number of nitrogens with one attached hydrogen (secondary N) is 1. The summed E-state index contributed by atoms with van der Waals surface area (Å²) >= 11 is 5.86. The van der Waals surface area contributed by atoms with Gasteiger partial charge in [0.05, 0.1) is 18.2 Å². The Morgan fingerprint density at radius 3 is 2.73 bits per heavy atom. The summed E-state index contributed by atoms with van der Waals surface area (Å²) in [6.45, 7) is 3.64. The molecule has 2 aliphatic rings. The molecule has 142 valence electrons. The van der Waals surface area contributed by atoms with Gasteiger partial charge >= 0.3 is 0 Å². The Bertz CT molecular complexity index is 659. The molecule has 26 heavy (non-hydrogen) atoms. The van der Waals surface area contributed by atoms with Crippen LogP contribution in [0.3, 0.4) is 0 Å². The lowest BCUT2D eigenvalue weighted by molar-refractivity contribution is -0.123. The van der Waals surface area contributed by atoms with Crippen LogP contribution < -0.4 is 5.32 Å². The van der Waals surface area contributed by atoms with E-state index in [1.54, 1.807) is 4.90 Å². The largest absolute Gasteiger partial charge is 0.376 e. The van der Waals surface area contributed by atoms with E-state index in [2.05, 4.69) is 5.32 Å². The average molecular weight is 384 g/mol. The zero-order valence-electron chi connectivity index (χ0n) is 14.5. The first kappa shape index (κ1) is 19.1. The number of hydrogen-bond acceptors (Lipinski definition) is 4. The molecule has 1 unspecified atom stereocenters. The highest BCUT2D eigenvalue weighted by atomic mass is 35.5. The summed E-state index contributed by atoms with van der Waals surface area (Å²) in [5, 5.41) is 3.22. The molecule has 0 spiro atoms. The lowest BCUT2D eigenvalue weighted by Gasteiger charge is -2.34. The maximum absolute atomic E-state index is 13.9. The van der Waals surface area contributed by atoms with Crippen LogP contribution in [0, 0.1) is 5.82 Å². The minimum atomic E-state index is -0.574. The minimum absolute atomic E-state index is 0.0137. The van der Waals surface area contributed by atoms with Crippen molar-refractivity contribution in [1.82, 2.24) is 15.1 Å². The number of carbonyl (C=O) groups excluding carboxylic acids is 2. The van der Waals surface area contributed by atoms with E-state index in [0.717, 1.165) is 19.4 Å². The fourth-order valence-electron chi connectivity index (χ4n) is 3.23. The van der Waals surface area contributed by atoms with Crippen LogP contribution >= 0.6 is 11.6 Å². The molecule has 3 rings (SSSR count). The summed E-state index contributed by atoms with van der Waals surface area (Å²) in [6, 6.07) is 3.97. The second kappa shape index (κ2) is 8.79. The summed E-state index contributed by atoms with van der Waals surface area (Å²) in [7, 11) is 0. The molecule has 1 aromatic carbocycles. The maximum atomic E-state index is 13.9. The first-order chi connectivity index (χ1) is 12.5. The minimum Gasteiger partial charge on any atom is -0.376 e. The highest BCUT2D eigenvalue weighted by molar-refractivity contribution is 6.31. The van der Waals surface area contributed by atoms with E-state index in [1.807, 2.05) is 4.90 Å². The molecule has 0 bridgehead atoms. The van der Waals surface area contributed by atoms with Gasteiger partial charge in [0.2, 0.25) is 5.91 Å². The normalized spacial score (nSPS) is 21.0. The van der Waals surface area contributed by atoms with Gasteiger partial charge in [0.25, 0.3) is 5.91 Å². The lowest BCUT2D eigenvalue weighted by Crippen LogP contribution is -2.51. The zero-order valence-corrected chi connectivity index (χ0v) is 15.3. The van der Waals surface area contributed by atoms with Gasteiger partial charge in [-0.15, -0.1) is 0 Å². The van der Waals surface area contributed by atoms with E-state index in [4.69, 9.17) is 16.3 Å². The van der Waals surface area contributed by atoms with Crippen molar-refractivity contribution in [3.05, 3.63) is 34.6 Å². The Balaban J connectivity index is 1.44. The van der Waals surface area contributed by atoms with Crippen molar-refractivity contribution in [1.29, 1.82) is 0 Å². The van der Waals surface area contributed by atoms with E-state index < -0.39 is 5.82 Å². The van der Waals surface area contributed by atoms with Crippen LogP contribution in [0.25, 0.3) is 0 Å². The van der Waals surface area contributed by atoms with E-state index in [1.165, 1.54) is 18.2 Å². The number of benzene rings is 1. The lowest BCUT2D eigenvalue weighted by atomic mass is 10.1. The van der Waals surface area contributed by atoms with Gasteiger partial charge in [-0.05, 0) is 31.0 Å². The van der Waals surface area contributed by atoms with Crippen LogP contribution in [0.1, 0.15) is 23.2 Å². The molecule has 1 N–H and O–H groups in total. The topological polar surface area (TPSA) is 61.9 Å². The summed E-state index contributed by atoms with van der Waals surface area (Å²) in [4.78, 5) is 28.1. The summed E-state index contributed by atoms with van der Waals surface area (Å²) in [6.07, 6.45) is 2.16. The molecule has 0 aliphatic carbocycles. The van der Waals surface area contributed by atoms with Crippen molar-refractivity contribution >= 4 is 23.4 Å². The average Bonchev–Trinajstić information content (AvgIpc) is 3.16. The molecule has 1 aromatic rings. The summed E-state index contributed by atoms with van der Waals surface area (Å²) in [5.74, 6) is -0.982. The van der Waals surface area contributed by atoms with E-state index >= 15 is 0 Å². The van der Waals surface area contributed by atoms with Crippen molar-refractivity contribution in [2.24, 2.45) is 0 Å². The second-order valence-corrected chi connectivity index (χ2v) is 7.07. The molecule has 0 saturated carbocycles. The Morgan fingerprint density at radius 1 is 1.27 bits per heavy atom. The Hall–Kier alpha value is -1.70. The van der Waals surface area contributed by atoms with Crippen molar-refractivity contribution in [2.75, 3.05) is 45.9 Å². The van der Waals surface area contributed by atoms with Gasteiger partial charge in [-0.1, -0.05) is 11.6 Å². The van der Waals surface area contributed by atoms with Gasteiger partial charge < -0.3 is 15.0 Å². The van der Waals surface area contributed by atoms with Crippen molar-refractivity contribution in [3.63, 3.8) is 0 Å². The number of amides is 2. The quantitative estimate of drug-likeness (QED) is 0.837. The number of hydrogen-bond donors (Lipinski definition) is 1. The molecular weight excluding hydrogens is 361 g/mol. The highest BCUT2D eigenvalue weighted by Gasteiger charge is 2.25. The molecule has 0 aromatic heterocycles. The number of rotatable bonds is 5. The van der Waals surface area contributed by atoms with Crippen molar-refractivity contribution < 1.29 is 18.7 Å². The van der Waals surface area contributed by atoms with Crippen LogP contribution in [0.4, 0.5) is 4.39 Å². The predicted octanol–water partition coefficient (Wildman–Crippen LogP) is 1.53. The molecule has 2 amide bonds. The second-order valence-electron chi connectivity index (χ2n) is 6.63. The Morgan fingerprint density at radius 2 is 2.04 bits per heavy atom. The van der Waals surface area contributed by atoms with E-state index in [9.17, 15) is 14.0 Å². The van der Waals surface area contributed by atoms with Crippen LogP contribution in [-0.2, 0) is 9.53 Å². The van der Waals surface area contributed by atoms with Gasteiger partial charge in [0.1, 0.15) is 5.82 Å². The molecule has 8 heteroatoms. The Labute approximate surface area is 157 Å². The number of nitrogens with zero attached hydrogens (tertiary/aromatic N) is 2. The Kier molecular flexibility index (Phi) is 6.45. The fourth-order valence-corrected chi connectivity index (χ4v) is 3.40. The van der Waals surface area contributed by atoms with Crippen LogP contribution in [0.2, 0.25) is 5.02 Å². The molecular formula is C18H23ClFN3O3. The molecule has 0 radical (unpaired) electrons. The maximum Gasteiger partial charge on any atom is 0.256 e. The summed E-state index contributed by atoms with van der Waals surface area (Å²) in [5.41, 5.74) is -0.0137. The first-order valence-electron chi connectivity index (χ1n) is 8.88. The monoisotopic (exact) mass is 383 g/mol. The standard InChI is InChI=1S/C18H23ClFN3O3/c19-13-3-4-16(20)15(10-13)18(25)23-7-5-22(6-8-23)12-17(24)21-11-14-2-1-9-26-14/h3-4,10,14H,1-2,5-9,11-12H2,(H,21,24). The first-order valence-corrected chi connectivity index (χ1v) is 9.25. The number of piperazine rings is 1. The predicted molar refractivity (Wildman–Crippen MR) is 95.7 cm³/mol. The molecule has 2 saturated heterocycles. The molecule has 6 nitrogen and oxygen atoms in total. The third kappa shape index (κ3) is 4.93. The zero-order chi connectivity index (χ0) is 18.5. The van der Waals surface area contributed by atoms with Crippen molar-refractivity contribution in [3.8, 4) is 0 Å². The van der Waals surface area contributed by atoms with E-state index in [0.29, 0.717) is 44.3 Å². The SMILES string of the molecule is O=C(CN1CCN(C(=O)c2cc(Cl)ccc2F)CC1)NCC1CCCO1. The van der Waals surface area contributed by atoms with Crippen LogP contribution in [-0.4, -0.2) is 73.6 Å². The number of carbonyl (C=O) groups is 2. The molecule has 2 aliphatic heterocycles. The van der Waals surface area contributed by atoms with Gasteiger partial charge in [-0.3, -0.25) is 14.5 Å². The highest BCUT2D eigenvalue weighted by Crippen LogP contribution is 2.17. The van der Waals surface area contributed by atoms with Crippen LogP contribution in [0.15, 0.2) is 18.2 Å². The smallest absolute Gasteiger partial charge is 0.256 e. The fraction of sp³-hybridized carbons (Fsp3) is 0.556. The van der Waals surface area contributed by atoms with Gasteiger partial charge in [-0.2, -0.15) is 0 Å². The van der Waals surface area contributed by atoms with Gasteiger partial charge in [0.15, 0.2) is 0 Å². The van der Waals surface area contributed by atoms with Crippen molar-refractivity contribution in [2.45, 2.75) is 18.9 Å². The van der Waals surface area contributed by atoms with Gasteiger partial charge in [-0.25, -0.2) is 4.39 Å².